The van der Waals surface area contributed by atoms with Crippen LogP contribution in [0.3, 0.4) is 0 Å². The molecule has 0 aliphatic heterocycles. The Morgan fingerprint density at radius 3 is 1.72 bits per heavy atom. The van der Waals surface area contributed by atoms with Crippen LogP contribution in [0.25, 0.3) is 0 Å². The molecule has 0 fully saturated rings. The minimum Gasteiger partial charge on any atom is -0.507 e. The van der Waals surface area contributed by atoms with E-state index in [-0.39, 0.29) is 28.1 Å². The van der Waals surface area contributed by atoms with E-state index in [1.807, 2.05) is 43.3 Å². The molecule has 0 aliphatic carbocycles. The van der Waals surface area contributed by atoms with Crippen LogP contribution in [-0.2, 0) is 10.8 Å². The molecule has 2 N–H and O–H groups in total. The number of benzene rings is 3. The van der Waals surface area contributed by atoms with Gasteiger partial charge < -0.3 is 10.2 Å². The monoisotopic (exact) mass is 430 g/mol. The maximum absolute atomic E-state index is 13.8. The molecule has 168 valence electrons. The standard InChI is InChI=1S/C29H34O3/c1-18-12-14-19(15-13-18)25(26(31)21-10-8-9-11-24(21)30)20-16-22(28(2,3)4)27(32)23(17-20)29(5,6)7/h8-17,25,30,32H,1-7H3. The third-order valence-electron chi connectivity index (χ3n) is 5.92. The molecule has 0 aliphatic rings. The maximum atomic E-state index is 13.8. The van der Waals surface area contributed by atoms with Crippen LogP contribution in [0.15, 0.2) is 60.7 Å². The molecule has 0 saturated carbocycles. The van der Waals surface area contributed by atoms with Crippen molar-refractivity contribution >= 4 is 5.78 Å². The molecule has 1 atom stereocenters. The zero-order valence-corrected chi connectivity index (χ0v) is 20.2. The largest absolute Gasteiger partial charge is 0.507 e. The van der Waals surface area contributed by atoms with Gasteiger partial charge in [-0.3, -0.25) is 4.79 Å². The Morgan fingerprint density at radius 2 is 1.25 bits per heavy atom. The summed E-state index contributed by atoms with van der Waals surface area (Å²) in [6, 6.07) is 18.5. The van der Waals surface area contributed by atoms with E-state index in [0.29, 0.717) is 5.56 Å². The number of ketones is 1. The van der Waals surface area contributed by atoms with E-state index in [9.17, 15) is 15.0 Å². The van der Waals surface area contributed by atoms with E-state index >= 15 is 0 Å². The summed E-state index contributed by atoms with van der Waals surface area (Å²) in [5.41, 5.74) is 4.07. The zero-order chi connectivity index (χ0) is 23.8. The van der Waals surface area contributed by atoms with Crippen LogP contribution in [0.4, 0.5) is 0 Å². The predicted octanol–water partition coefficient (Wildman–Crippen LogP) is 7.02. The van der Waals surface area contributed by atoms with Gasteiger partial charge in [0.2, 0.25) is 0 Å². The highest BCUT2D eigenvalue weighted by Gasteiger charge is 2.32. The van der Waals surface area contributed by atoms with Gasteiger partial charge in [-0.2, -0.15) is 0 Å². The molecule has 3 rings (SSSR count). The van der Waals surface area contributed by atoms with Crippen LogP contribution >= 0.6 is 0 Å². The van der Waals surface area contributed by atoms with Gasteiger partial charge in [0, 0.05) is 0 Å². The Morgan fingerprint density at radius 1 is 0.750 bits per heavy atom. The van der Waals surface area contributed by atoms with E-state index in [4.69, 9.17) is 0 Å². The first-order valence-corrected chi connectivity index (χ1v) is 11.1. The third kappa shape index (κ3) is 4.72. The minimum absolute atomic E-state index is 0.0273. The average Bonchev–Trinajstić information content (AvgIpc) is 2.69. The number of para-hydroxylation sites is 1. The van der Waals surface area contributed by atoms with Crippen LogP contribution in [0.1, 0.15) is 85.6 Å². The number of aromatic hydroxyl groups is 2. The molecule has 0 radical (unpaired) electrons. The Bertz CT molecular complexity index is 1090. The summed E-state index contributed by atoms with van der Waals surface area (Å²) >= 11 is 0. The number of hydrogen-bond donors (Lipinski definition) is 2. The van der Waals surface area contributed by atoms with Crippen LogP contribution < -0.4 is 0 Å². The number of carbonyl (C=O) groups is 1. The van der Waals surface area contributed by atoms with E-state index in [1.165, 1.54) is 6.07 Å². The van der Waals surface area contributed by atoms with Gasteiger partial charge in [0.15, 0.2) is 5.78 Å². The fourth-order valence-electron chi connectivity index (χ4n) is 4.06. The summed E-state index contributed by atoms with van der Waals surface area (Å²) in [4.78, 5) is 13.8. The number of carbonyl (C=O) groups excluding carboxylic acids is 1. The summed E-state index contributed by atoms with van der Waals surface area (Å²) in [6.07, 6.45) is 0. The van der Waals surface area contributed by atoms with Crippen LogP contribution in [0.5, 0.6) is 11.5 Å². The van der Waals surface area contributed by atoms with E-state index in [0.717, 1.165) is 27.8 Å². The Labute approximate surface area is 191 Å². The van der Waals surface area contributed by atoms with Gasteiger partial charge >= 0.3 is 0 Å². The maximum Gasteiger partial charge on any atom is 0.178 e. The lowest BCUT2D eigenvalue weighted by molar-refractivity contribution is 0.0971. The number of phenolic OH excluding ortho intramolecular Hbond substituents is 2. The van der Waals surface area contributed by atoms with E-state index < -0.39 is 5.92 Å². The Balaban J connectivity index is 2.33. The van der Waals surface area contributed by atoms with E-state index in [2.05, 4.69) is 41.5 Å². The van der Waals surface area contributed by atoms with Crippen molar-refractivity contribution < 1.29 is 15.0 Å². The Hall–Kier alpha value is -3.07. The number of hydrogen-bond acceptors (Lipinski definition) is 3. The molecule has 3 nitrogen and oxygen atoms in total. The van der Waals surface area contributed by atoms with Gasteiger partial charge in [0.25, 0.3) is 0 Å². The van der Waals surface area contributed by atoms with Gasteiger partial charge in [0.1, 0.15) is 11.5 Å². The van der Waals surface area contributed by atoms with Crippen molar-refractivity contribution in [3.05, 3.63) is 94.0 Å². The highest BCUT2D eigenvalue weighted by molar-refractivity contribution is 6.05. The average molecular weight is 431 g/mol. The van der Waals surface area contributed by atoms with Crippen molar-refractivity contribution in [1.29, 1.82) is 0 Å². The molecule has 0 spiro atoms. The molecule has 32 heavy (non-hydrogen) atoms. The first-order chi connectivity index (χ1) is 14.8. The summed E-state index contributed by atoms with van der Waals surface area (Å²) in [5.74, 6) is -0.518. The molecule has 1 unspecified atom stereocenters. The van der Waals surface area contributed by atoms with Gasteiger partial charge in [-0.15, -0.1) is 0 Å². The topological polar surface area (TPSA) is 57.5 Å². The third-order valence-corrected chi connectivity index (χ3v) is 5.92. The van der Waals surface area contributed by atoms with Gasteiger partial charge in [-0.25, -0.2) is 0 Å². The van der Waals surface area contributed by atoms with Gasteiger partial charge in [0.05, 0.1) is 11.5 Å². The predicted molar refractivity (Wildman–Crippen MR) is 131 cm³/mol. The van der Waals surface area contributed by atoms with E-state index in [1.54, 1.807) is 18.2 Å². The van der Waals surface area contributed by atoms with Gasteiger partial charge in [-0.05, 0) is 52.1 Å². The number of rotatable bonds is 4. The van der Waals surface area contributed by atoms with Crippen molar-refractivity contribution in [2.75, 3.05) is 0 Å². The lowest BCUT2D eigenvalue weighted by atomic mass is 9.75. The van der Waals surface area contributed by atoms with Crippen molar-refractivity contribution in [3.63, 3.8) is 0 Å². The smallest absolute Gasteiger partial charge is 0.178 e. The fraction of sp³-hybridized carbons (Fsp3) is 0.345. The highest BCUT2D eigenvalue weighted by atomic mass is 16.3. The molecule has 0 amide bonds. The lowest BCUT2D eigenvalue weighted by Crippen LogP contribution is -2.21. The van der Waals surface area contributed by atoms with Crippen molar-refractivity contribution in [1.82, 2.24) is 0 Å². The lowest BCUT2D eigenvalue weighted by Gasteiger charge is -2.30. The van der Waals surface area contributed by atoms with Gasteiger partial charge in [-0.1, -0.05) is 95.6 Å². The van der Waals surface area contributed by atoms with Crippen LogP contribution in [0.2, 0.25) is 0 Å². The SMILES string of the molecule is Cc1ccc(C(C(=O)c2ccccc2O)c2cc(C(C)(C)C)c(O)c(C(C)(C)C)c2)cc1. The summed E-state index contributed by atoms with van der Waals surface area (Å²) in [5, 5.41) is 21.6. The zero-order valence-electron chi connectivity index (χ0n) is 20.2. The second-order valence-electron chi connectivity index (χ2n) is 10.7. The molecule has 3 heteroatoms. The molecule has 0 heterocycles. The first-order valence-electron chi connectivity index (χ1n) is 11.1. The van der Waals surface area contributed by atoms with Crippen LogP contribution in [-0.4, -0.2) is 16.0 Å². The highest BCUT2D eigenvalue weighted by Crippen LogP contribution is 2.43. The molecular weight excluding hydrogens is 396 g/mol. The number of aryl methyl sites for hydroxylation is 1. The molecule has 3 aromatic rings. The summed E-state index contributed by atoms with van der Waals surface area (Å²) in [6.45, 7) is 14.4. The molecule has 0 aromatic heterocycles. The second-order valence-corrected chi connectivity index (χ2v) is 10.7. The van der Waals surface area contributed by atoms with Crippen LogP contribution in [0, 0.1) is 6.92 Å². The summed E-state index contributed by atoms with van der Waals surface area (Å²) < 4.78 is 0. The fourth-order valence-corrected chi connectivity index (χ4v) is 4.06. The molecule has 0 saturated heterocycles. The van der Waals surface area contributed by atoms with Crippen molar-refractivity contribution in [2.24, 2.45) is 0 Å². The van der Waals surface area contributed by atoms with Crippen molar-refractivity contribution in [2.45, 2.75) is 65.2 Å². The Kier molecular flexibility index (Phi) is 6.24. The molecular formula is C29H34O3. The second kappa shape index (κ2) is 8.46. The molecule has 3 aromatic carbocycles. The first kappa shape index (κ1) is 23.6. The minimum atomic E-state index is -0.605. The normalized spacial score (nSPS) is 13.1. The van der Waals surface area contributed by atoms with Crippen molar-refractivity contribution in [3.8, 4) is 11.5 Å². The molecule has 0 bridgehead atoms. The summed E-state index contributed by atoms with van der Waals surface area (Å²) in [7, 11) is 0. The number of phenols is 2. The number of Topliss-reactive ketones (excluding diaryl/α,β-unsaturated/α-hetero) is 1. The quantitative estimate of drug-likeness (QED) is 0.437.